The van der Waals surface area contributed by atoms with Gasteiger partial charge in [0.25, 0.3) is 0 Å². The van der Waals surface area contributed by atoms with Gasteiger partial charge in [0.1, 0.15) is 0 Å². The largest absolute Gasteiger partial charge is 0.362 e. The Balaban J connectivity index is 1.91. The number of carbonyl (C=O) groups excluding carboxylic acids is 2. The van der Waals surface area contributed by atoms with Crippen molar-refractivity contribution in [2.24, 2.45) is 10.8 Å². The van der Waals surface area contributed by atoms with Gasteiger partial charge in [-0.3, -0.25) is 9.59 Å². The van der Waals surface area contributed by atoms with Crippen LogP contribution in [-0.4, -0.2) is 11.6 Å². The van der Waals surface area contributed by atoms with Gasteiger partial charge in [-0.15, -0.1) is 0 Å². The molecule has 0 saturated heterocycles. The van der Waals surface area contributed by atoms with Crippen LogP contribution in [0.5, 0.6) is 0 Å². The van der Waals surface area contributed by atoms with Crippen molar-refractivity contribution in [2.45, 2.75) is 59.3 Å². The van der Waals surface area contributed by atoms with Crippen molar-refractivity contribution < 1.29 is 9.59 Å². The summed E-state index contributed by atoms with van der Waals surface area (Å²) in [6, 6.07) is 10.1. The van der Waals surface area contributed by atoms with Crippen LogP contribution in [0.3, 0.4) is 0 Å². The summed E-state index contributed by atoms with van der Waals surface area (Å²) in [7, 11) is 0. The molecule has 3 aliphatic rings. The van der Waals surface area contributed by atoms with E-state index in [1.165, 1.54) is 0 Å². The van der Waals surface area contributed by atoms with Crippen molar-refractivity contribution in [3.8, 4) is 0 Å². The molecule has 0 radical (unpaired) electrons. The molecule has 1 aromatic carbocycles. The quantitative estimate of drug-likeness (QED) is 0.802. The molecule has 0 fully saturated rings. The third-order valence-electron chi connectivity index (χ3n) is 5.85. The molecule has 26 heavy (non-hydrogen) atoms. The molecule has 3 nitrogen and oxygen atoms in total. The number of hydrogen-bond donors (Lipinski definition) is 1. The molecular formula is C23H27NO2. The van der Waals surface area contributed by atoms with Crippen molar-refractivity contribution in [2.75, 3.05) is 0 Å². The van der Waals surface area contributed by atoms with E-state index >= 15 is 0 Å². The van der Waals surface area contributed by atoms with Gasteiger partial charge in [0.05, 0.1) is 0 Å². The summed E-state index contributed by atoms with van der Waals surface area (Å²) in [6.07, 6.45) is 2.78. The fraction of sp³-hybridized carbons (Fsp3) is 0.478. The minimum Gasteiger partial charge on any atom is -0.362 e. The summed E-state index contributed by atoms with van der Waals surface area (Å²) in [4.78, 5) is 26.2. The topological polar surface area (TPSA) is 46.2 Å². The van der Waals surface area contributed by atoms with Crippen LogP contribution in [0.25, 0.3) is 0 Å². The number of nitrogens with one attached hydrogen (secondary N) is 1. The number of hydrogen-bond acceptors (Lipinski definition) is 3. The van der Waals surface area contributed by atoms with Crippen molar-refractivity contribution in [1.82, 2.24) is 5.32 Å². The first-order chi connectivity index (χ1) is 12.2. The Morgan fingerprint density at radius 2 is 1.23 bits per heavy atom. The van der Waals surface area contributed by atoms with Crippen LogP contribution in [0.4, 0.5) is 0 Å². The van der Waals surface area contributed by atoms with Crippen molar-refractivity contribution in [3.63, 3.8) is 0 Å². The fourth-order valence-corrected chi connectivity index (χ4v) is 4.87. The molecule has 0 aromatic heterocycles. The van der Waals surface area contributed by atoms with Gasteiger partial charge in [0.15, 0.2) is 11.6 Å². The second-order valence-corrected chi connectivity index (χ2v) is 9.64. The molecule has 1 aliphatic heterocycles. The molecule has 0 bridgehead atoms. The van der Waals surface area contributed by atoms with Crippen LogP contribution in [0.15, 0.2) is 52.9 Å². The summed E-state index contributed by atoms with van der Waals surface area (Å²) in [6.45, 7) is 8.59. The molecule has 0 saturated carbocycles. The van der Waals surface area contributed by atoms with Crippen LogP contribution in [0.2, 0.25) is 0 Å². The van der Waals surface area contributed by atoms with Gasteiger partial charge in [-0.25, -0.2) is 0 Å². The Kier molecular flexibility index (Phi) is 3.76. The Hall–Kier alpha value is -2.16. The van der Waals surface area contributed by atoms with Gasteiger partial charge in [-0.1, -0.05) is 58.0 Å². The normalized spacial score (nSPS) is 24.9. The molecule has 136 valence electrons. The summed E-state index contributed by atoms with van der Waals surface area (Å²) in [5, 5.41) is 3.55. The maximum absolute atomic E-state index is 13.1. The van der Waals surface area contributed by atoms with E-state index < -0.39 is 0 Å². The Morgan fingerprint density at radius 3 is 1.69 bits per heavy atom. The molecule has 0 atom stereocenters. The van der Waals surface area contributed by atoms with Crippen LogP contribution in [0.1, 0.15) is 64.9 Å². The van der Waals surface area contributed by atoms with Crippen molar-refractivity contribution in [3.05, 3.63) is 58.4 Å². The van der Waals surface area contributed by atoms with Crippen molar-refractivity contribution in [1.29, 1.82) is 0 Å². The van der Waals surface area contributed by atoms with Crippen LogP contribution < -0.4 is 5.32 Å². The number of allylic oxidation sites excluding steroid dienone is 4. The van der Waals surface area contributed by atoms with Gasteiger partial charge in [0.2, 0.25) is 0 Å². The predicted molar refractivity (Wildman–Crippen MR) is 102 cm³/mol. The summed E-state index contributed by atoms with van der Waals surface area (Å²) in [5.74, 6) is 0.151. The van der Waals surface area contributed by atoms with Gasteiger partial charge in [-0.2, -0.15) is 0 Å². The van der Waals surface area contributed by atoms with Gasteiger partial charge in [0, 0.05) is 41.3 Å². The molecule has 0 amide bonds. The first-order valence-corrected chi connectivity index (χ1v) is 9.51. The molecule has 0 unspecified atom stereocenters. The lowest BCUT2D eigenvalue weighted by Gasteiger charge is -2.44. The lowest BCUT2D eigenvalue weighted by atomic mass is 9.64. The van der Waals surface area contributed by atoms with E-state index in [-0.39, 0.29) is 28.3 Å². The zero-order valence-corrected chi connectivity index (χ0v) is 16.1. The molecule has 1 N–H and O–H groups in total. The molecule has 1 heterocycles. The Labute approximate surface area is 155 Å². The highest BCUT2D eigenvalue weighted by Gasteiger charge is 2.46. The zero-order valence-electron chi connectivity index (χ0n) is 16.1. The first kappa shape index (κ1) is 17.3. The smallest absolute Gasteiger partial charge is 0.162 e. The maximum atomic E-state index is 13.1. The van der Waals surface area contributed by atoms with Gasteiger partial charge in [-0.05, 0) is 29.2 Å². The number of rotatable bonds is 1. The zero-order chi connectivity index (χ0) is 18.7. The minimum atomic E-state index is -0.213. The lowest BCUT2D eigenvalue weighted by molar-refractivity contribution is -0.119. The molecule has 1 aromatic rings. The van der Waals surface area contributed by atoms with E-state index in [0.717, 1.165) is 40.9 Å². The monoisotopic (exact) mass is 349 g/mol. The second kappa shape index (κ2) is 5.67. The highest BCUT2D eigenvalue weighted by molar-refractivity contribution is 6.06. The van der Waals surface area contributed by atoms with E-state index in [2.05, 4.69) is 33.0 Å². The average molecular weight is 349 g/mol. The second-order valence-electron chi connectivity index (χ2n) is 9.64. The summed E-state index contributed by atoms with van der Waals surface area (Å²) in [5.41, 5.74) is 4.67. The van der Waals surface area contributed by atoms with Gasteiger partial charge >= 0.3 is 0 Å². The molecule has 3 heteroatoms. The fourth-order valence-electron chi connectivity index (χ4n) is 4.87. The molecular weight excluding hydrogens is 322 g/mol. The average Bonchev–Trinajstić information content (AvgIpc) is 2.51. The maximum Gasteiger partial charge on any atom is 0.162 e. The third-order valence-corrected chi connectivity index (χ3v) is 5.85. The molecule has 2 aliphatic carbocycles. The van der Waals surface area contributed by atoms with E-state index in [1.807, 2.05) is 30.3 Å². The van der Waals surface area contributed by atoms with Crippen molar-refractivity contribution >= 4 is 11.6 Å². The lowest BCUT2D eigenvalue weighted by Crippen LogP contribution is -2.42. The van der Waals surface area contributed by atoms with Crippen LogP contribution in [0, 0.1) is 10.8 Å². The Bertz CT molecular complexity index is 803. The van der Waals surface area contributed by atoms with Crippen LogP contribution in [-0.2, 0) is 9.59 Å². The summed E-state index contributed by atoms with van der Waals surface area (Å²) < 4.78 is 0. The van der Waals surface area contributed by atoms with E-state index in [0.29, 0.717) is 12.8 Å². The highest BCUT2D eigenvalue weighted by Crippen LogP contribution is 2.50. The SMILES string of the molecule is CC1(C)CC(=O)C2=C(C1)NC1=C(C(=O)CC(C)(C)C1)C2c1ccccc1. The van der Waals surface area contributed by atoms with Crippen LogP contribution >= 0.6 is 0 Å². The van der Waals surface area contributed by atoms with E-state index in [4.69, 9.17) is 0 Å². The first-order valence-electron chi connectivity index (χ1n) is 9.51. The summed E-state index contributed by atoms with van der Waals surface area (Å²) >= 11 is 0. The number of Topliss-reactive ketones (excluding diaryl/α,β-unsaturated/α-hetero) is 2. The van der Waals surface area contributed by atoms with E-state index in [1.54, 1.807) is 0 Å². The third kappa shape index (κ3) is 2.84. The molecule has 4 rings (SSSR count). The molecule has 0 spiro atoms. The number of benzene rings is 1. The number of carbonyl (C=O) groups is 2. The predicted octanol–water partition coefficient (Wildman–Crippen LogP) is 4.66. The van der Waals surface area contributed by atoms with Gasteiger partial charge < -0.3 is 5.32 Å². The number of dihydropyridines is 1. The van der Waals surface area contributed by atoms with E-state index in [9.17, 15) is 9.59 Å². The number of ketones is 2. The minimum absolute atomic E-state index is 0.0452. The highest BCUT2D eigenvalue weighted by atomic mass is 16.1. The standard InChI is InChI=1S/C23H27NO2/c1-22(2)10-15-20(17(25)12-22)19(14-8-6-5-7-9-14)21-16(24-15)11-23(3,4)13-18(21)26/h5-9,19,24H,10-13H2,1-4H3. The Morgan fingerprint density at radius 1 is 0.769 bits per heavy atom.